The Morgan fingerprint density at radius 1 is 1.43 bits per heavy atom. The largest absolute Gasteiger partial charge is 0.383 e. The number of carbonyl (C=O) groups excluding carboxylic acids is 1. The van der Waals surface area contributed by atoms with Gasteiger partial charge in [-0.25, -0.2) is 9.97 Å². The van der Waals surface area contributed by atoms with Gasteiger partial charge in [0.15, 0.2) is 0 Å². The van der Waals surface area contributed by atoms with Gasteiger partial charge in [0.2, 0.25) is 11.9 Å². The first-order valence-corrected chi connectivity index (χ1v) is 7.25. The summed E-state index contributed by atoms with van der Waals surface area (Å²) in [5, 5.41) is 3.25. The van der Waals surface area contributed by atoms with E-state index in [1.54, 1.807) is 7.11 Å². The summed E-state index contributed by atoms with van der Waals surface area (Å²) in [4.78, 5) is 22.0. The second-order valence-electron chi connectivity index (χ2n) is 5.22. The van der Waals surface area contributed by atoms with E-state index in [9.17, 15) is 4.79 Å². The lowest BCUT2D eigenvalue weighted by Gasteiger charge is -2.30. The summed E-state index contributed by atoms with van der Waals surface area (Å²) < 4.78 is 4.97. The van der Waals surface area contributed by atoms with Crippen LogP contribution in [0.1, 0.15) is 18.4 Å². The van der Waals surface area contributed by atoms with Gasteiger partial charge >= 0.3 is 0 Å². The number of methoxy groups -OCH3 is 1. The number of amides is 1. The number of hydrogen-bond donors (Lipinski definition) is 2. The van der Waals surface area contributed by atoms with Gasteiger partial charge in [-0.05, 0) is 12.8 Å². The number of hydrogen-bond acceptors (Lipinski definition) is 6. The number of nitrogens with two attached hydrogens (primary N) is 1. The van der Waals surface area contributed by atoms with Gasteiger partial charge < -0.3 is 20.7 Å². The summed E-state index contributed by atoms with van der Waals surface area (Å²) in [5.41, 5.74) is 6.38. The number of aromatic nitrogens is 2. The number of primary amides is 1. The molecule has 0 radical (unpaired) electrons. The minimum atomic E-state index is -0.201. The second kappa shape index (κ2) is 7.90. The molecule has 7 nitrogen and oxygen atoms in total. The fraction of sp³-hybridized carbons (Fsp3) is 0.643. The van der Waals surface area contributed by atoms with E-state index in [0.717, 1.165) is 50.5 Å². The second-order valence-corrected chi connectivity index (χ2v) is 5.22. The van der Waals surface area contributed by atoms with Gasteiger partial charge in [-0.15, -0.1) is 0 Å². The molecule has 1 aromatic heterocycles. The standard InChI is InChI=1S/C14H23N5O2/c1-21-7-4-16-8-11-9-17-14(18-10-11)19-5-2-12(3-6-19)13(15)20/h9-10,12,16H,2-8H2,1H3,(H2,15,20). The van der Waals surface area contributed by atoms with Crippen molar-refractivity contribution < 1.29 is 9.53 Å². The molecule has 0 unspecified atom stereocenters. The Balaban J connectivity index is 1.81. The number of nitrogens with one attached hydrogen (secondary N) is 1. The van der Waals surface area contributed by atoms with E-state index in [0.29, 0.717) is 6.61 Å². The van der Waals surface area contributed by atoms with Gasteiger partial charge in [0.25, 0.3) is 0 Å². The normalized spacial score (nSPS) is 16.1. The Bertz CT molecular complexity index is 443. The molecular weight excluding hydrogens is 270 g/mol. The molecule has 1 amide bonds. The third-order valence-corrected chi connectivity index (χ3v) is 3.68. The van der Waals surface area contributed by atoms with Crippen LogP contribution < -0.4 is 16.0 Å². The van der Waals surface area contributed by atoms with E-state index < -0.39 is 0 Å². The molecule has 1 saturated heterocycles. The third-order valence-electron chi connectivity index (χ3n) is 3.68. The van der Waals surface area contributed by atoms with E-state index in [2.05, 4.69) is 20.2 Å². The number of nitrogens with zero attached hydrogens (tertiary/aromatic N) is 3. The topological polar surface area (TPSA) is 93.4 Å². The summed E-state index contributed by atoms with van der Waals surface area (Å²) in [7, 11) is 1.68. The van der Waals surface area contributed by atoms with Gasteiger partial charge in [-0.3, -0.25) is 4.79 Å². The lowest BCUT2D eigenvalue weighted by molar-refractivity contribution is -0.122. The van der Waals surface area contributed by atoms with Crippen molar-refractivity contribution in [3.05, 3.63) is 18.0 Å². The third kappa shape index (κ3) is 4.64. The first kappa shape index (κ1) is 15.7. The van der Waals surface area contributed by atoms with Crippen LogP contribution in [-0.2, 0) is 16.1 Å². The Labute approximate surface area is 124 Å². The minimum absolute atomic E-state index is 0.00879. The molecule has 116 valence electrons. The molecule has 2 rings (SSSR count). The number of anilines is 1. The van der Waals surface area contributed by atoms with Crippen LogP contribution in [0.25, 0.3) is 0 Å². The van der Waals surface area contributed by atoms with Crippen molar-refractivity contribution in [1.82, 2.24) is 15.3 Å². The Kier molecular flexibility index (Phi) is 5.89. The van der Waals surface area contributed by atoms with E-state index in [-0.39, 0.29) is 11.8 Å². The number of carbonyl (C=O) groups is 1. The van der Waals surface area contributed by atoms with Crippen LogP contribution >= 0.6 is 0 Å². The lowest BCUT2D eigenvalue weighted by atomic mass is 9.96. The molecule has 2 heterocycles. The molecule has 0 saturated carbocycles. The molecule has 1 fully saturated rings. The minimum Gasteiger partial charge on any atom is -0.383 e. The summed E-state index contributed by atoms with van der Waals surface area (Å²) in [6.45, 7) is 3.78. The van der Waals surface area contributed by atoms with Gasteiger partial charge in [0.05, 0.1) is 6.61 Å². The van der Waals surface area contributed by atoms with Gasteiger partial charge in [-0.2, -0.15) is 0 Å². The van der Waals surface area contributed by atoms with Crippen LogP contribution in [0, 0.1) is 5.92 Å². The molecule has 1 aliphatic rings. The lowest BCUT2D eigenvalue weighted by Crippen LogP contribution is -2.39. The number of rotatable bonds is 7. The van der Waals surface area contributed by atoms with Crippen LogP contribution in [0.3, 0.4) is 0 Å². The highest BCUT2D eigenvalue weighted by Gasteiger charge is 2.24. The predicted octanol–water partition coefficient (Wildman–Crippen LogP) is -0.0857. The number of ether oxygens (including phenoxy) is 1. The molecule has 1 aliphatic heterocycles. The molecular formula is C14H23N5O2. The number of piperidine rings is 1. The first-order chi connectivity index (χ1) is 10.2. The molecule has 0 atom stereocenters. The monoisotopic (exact) mass is 293 g/mol. The maximum absolute atomic E-state index is 11.1. The van der Waals surface area contributed by atoms with Crippen molar-refractivity contribution >= 4 is 11.9 Å². The summed E-state index contributed by atoms with van der Waals surface area (Å²) >= 11 is 0. The maximum Gasteiger partial charge on any atom is 0.225 e. The van der Waals surface area contributed by atoms with Crippen LogP contribution in [0.4, 0.5) is 5.95 Å². The maximum atomic E-state index is 11.1. The summed E-state index contributed by atoms with van der Waals surface area (Å²) in [6, 6.07) is 0. The van der Waals surface area contributed by atoms with Crippen molar-refractivity contribution in [2.75, 3.05) is 38.3 Å². The molecule has 0 aromatic carbocycles. The SMILES string of the molecule is COCCNCc1cnc(N2CCC(C(N)=O)CC2)nc1. The van der Waals surface area contributed by atoms with Crippen molar-refractivity contribution in [2.45, 2.75) is 19.4 Å². The molecule has 1 aromatic rings. The molecule has 21 heavy (non-hydrogen) atoms. The van der Waals surface area contributed by atoms with Gasteiger partial charge in [0, 0.05) is 57.2 Å². The van der Waals surface area contributed by atoms with E-state index >= 15 is 0 Å². The zero-order valence-corrected chi connectivity index (χ0v) is 12.4. The van der Waals surface area contributed by atoms with E-state index in [4.69, 9.17) is 10.5 Å². The van der Waals surface area contributed by atoms with Crippen LogP contribution in [-0.4, -0.2) is 49.2 Å². The first-order valence-electron chi connectivity index (χ1n) is 7.25. The predicted molar refractivity (Wildman–Crippen MR) is 79.7 cm³/mol. The highest BCUT2D eigenvalue weighted by Crippen LogP contribution is 2.20. The molecule has 3 N–H and O–H groups in total. The fourth-order valence-corrected chi connectivity index (χ4v) is 2.37. The van der Waals surface area contributed by atoms with Crippen molar-refractivity contribution in [3.63, 3.8) is 0 Å². The van der Waals surface area contributed by atoms with Crippen LogP contribution in [0.2, 0.25) is 0 Å². The molecule has 0 bridgehead atoms. The van der Waals surface area contributed by atoms with Gasteiger partial charge in [-0.1, -0.05) is 0 Å². The van der Waals surface area contributed by atoms with E-state index in [1.807, 2.05) is 12.4 Å². The zero-order chi connectivity index (χ0) is 15.1. The van der Waals surface area contributed by atoms with Crippen molar-refractivity contribution in [3.8, 4) is 0 Å². The summed E-state index contributed by atoms with van der Waals surface area (Å²) in [6.07, 6.45) is 5.22. The molecule has 0 spiro atoms. The molecule has 7 heteroatoms. The average molecular weight is 293 g/mol. The smallest absolute Gasteiger partial charge is 0.225 e. The average Bonchev–Trinajstić information content (AvgIpc) is 2.52. The zero-order valence-electron chi connectivity index (χ0n) is 12.4. The Morgan fingerprint density at radius 2 is 2.10 bits per heavy atom. The van der Waals surface area contributed by atoms with Crippen LogP contribution in [0.5, 0.6) is 0 Å². The van der Waals surface area contributed by atoms with Crippen molar-refractivity contribution in [1.29, 1.82) is 0 Å². The van der Waals surface area contributed by atoms with E-state index in [1.165, 1.54) is 0 Å². The quantitative estimate of drug-likeness (QED) is 0.683. The molecule has 0 aliphatic carbocycles. The Morgan fingerprint density at radius 3 is 2.67 bits per heavy atom. The van der Waals surface area contributed by atoms with Crippen molar-refractivity contribution in [2.24, 2.45) is 11.7 Å². The highest BCUT2D eigenvalue weighted by molar-refractivity contribution is 5.76. The Hall–Kier alpha value is -1.73. The van der Waals surface area contributed by atoms with Crippen LogP contribution in [0.15, 0.2) is 12.4 Å². The summed E-state index contributed by atoms with van der Waals surface area (Å²) in [5.74, 6) is 0.511. The fourth-order valence-electron chi connectivity index (χ4n) is 2.37. The van der Waals surface area contributed by atoms with Gasteiger partial charge in [0.1, 0.15) is 0 Å². The highest BCUT2D eigenvalue weighted by atomic mass is 16.5.